The predicted molar refractivity (Wildman–Crippen MR) is 92.0 cm³/mol. The molecule has 1 fully saturated rings. The van der Waals surface area contributed by atoms with Gasteiger partial charge in [-0.2, -0.15) is 0 Å². The Morgan fingerprint density at radius 2 is 2.09 bits per heavy atom. The standard InChI is InChI=1S/C16H16ClNO4S/c1-4-6-22-14-11(17)7-10(8-12(14)21-5-2)9-13-15(19)18(3)16(20)23-13/h4,7-9H,1,5-6H2,2-3H3/b13-9-. The molecule has 1 aliphatic heterocycles. The van der Waals surface area contributed by atoms with Crippen LogP contribution in [0.1, 0.15) is 12.5 Å². The van der Waals surface area contributed by atoms with E-state index in [9.17, 15) is 9.59 Å². The zero-order valence-electron chi connectivity index (χ0n) is 12.8. The number of hydrogen-bond donors (Lipinski definition) is 0. The van der Waals surface area contributed by atoms with E-state index >= 15 is 0 Å². The number of thioether (sulfide) groups is 1. The van der Waals surface area contributed by atoms with E-state index in [1.807, 2.05) is 6.92 Å². The Labute approximate surface area is 143 Å². The summed E-state index contributed by atoms with van der Waals surface area (Å²) in [7, 11) is 1.45. The lowest BCUT2D eigenvalue weighted by molar-refractivity contribution is -0.121. The molecule has 5 nitrogen and oxygen atoms in total. The molecule has 1 aromatic carbocycles. The Bertz CT molecular complexity index is 687. The summed E-state index contributed by atoms with van der Waals surface area (Å²) >= 11 is 7.14. The van der Waals surface area contributed by atoms with Gasteiger partial charge in [-0.1, -0.05) is 24.3 Å². The van der Waals surface area contributed by atoms with Gasteiger partial charge in [0.15, 0.2) is 11.5 Å². The summed E-state index contributed by atoms with van der Waals surface area (Å²) < 4.78 is 11.1. The van der Waals surface area contributed by atoms with Crippen molar-refractivity contribution in [1.82, 2.24) is 4.90 Å². The second-order valence-corrected chi connectivity index (χ2v) is 6.00. The van der Waals surface area contributed by atoms with E-state index in [0.29, 0.717) is 40.2 Å². The molecular formula is C16H16ClNO4S. The van der Waals surface area contributed by atoms with Crippen LogP contribution < -0.4 is 9.47 Å². The van der Waals surface area contributed by atoms with Gasteiger partial charge >= 0.3 is 0 Å². The second kappa shape index (κ2) is 7.57. The Morgan fingerprint density at radius 1 is 1.35 bits per heavy atom. The van der Waals surface area contributed by atoms with E-state index in [0.717, 1.165) is 16.7 Å². The van der Waals surface area contributed by atoms with Crippen molar-refractivity contribution < 1.29 is 19.1 Å². The average Bonchev–Trinajstić information content (AvgIpc) is 2.74. The van der Waals surface area contributed by atoms with Crippen LogP contribution >= 0.6 is 23.4 Å². The maximum absolute atomic E-state index is 11.9. The molecule has 1 heterocycles. The molecule has 1 aromatic rings. The molecule has 23 heavy (non-hydrogen) atoms. The van der Waals surface area contributed by atoms with E-state index < -0.39 is 0 Å². The number of imide groups is 1. The summed E-state index contributed by atoms with van der Waals surface area (Å²) in [5, 5.41) is 0.0584. The lowest BCUT2D eigenvalue weighted by Crippen LogP contribution is -2.22. The first-order valence-corrected chi connectivity index (χ1v) is 8.09. The van der Waals surface area contributed by atoms with E-state index in [-0.39, 0.29) is 11.1 Å². The smallest absolute Gasteiger partial charge is 0.293 e. The van der Waals surface area contributed by atoms with Gasteiger partial charge in [-0.05, 0) is 42.5 Å². The zero-order chi connectivity index (χ0) is 17.0. The van der Waals surface area contributed by atoms with Gasteiger partial charge in [0, 0.05) is 7.05 Å². The molecule has 0 N–H and O–H groups in total. The van der Waals surface area contributed by atoms with E-state index in [1.165, 1.54) is 7.05 Å². The summed E-state index contributed by atoms with van der Waals surface area (Å²) in [4.78, 5) is 24.9. The number of rotatable bonds is 6. The summed E-state index contributed by atoms with van der Waals surface area (Å²) in [5.41, 5.74) is 0.656. The number of amides is 2. The van der Waals surface area contributed by atoms with Crippen molar-refractivity contribution in [3.05, 3.63) is 40.3 Å². The lowest BCUT2D eigenvalue weighted by Gasteiger charge is -2.13. The van der Waals surface area contributed by atoms with Crippen LogP contribution in [0.25, 0.3) is 6.08 Å². The molecule has 0 aliphatic carbocycles. The monoisotopic (exact) mass is 353 g/mol. The molecule has 0 aromatic heterocycles. The molecule has 0 spiro atoms. The first-order chi connectivity index (χ1) is 11.0. The van der Waals surface area contributed by atoms with E-state index in [4.69, 9.17) is 21.1 Å². The van der Waals surface area contributed by atoms with Crippen LogP contribution in [0.15, 0.2) is 29.7 Å². The molecule has 7 heteroatoms. The minimum atomic E-state index is -0.332. The van der Waals surface area contributed by atoms with Crippen LogP contribution in [0.3, 0.4) is 0 Å². The predicted octanol–water partition coefficient (Wildman–Crippen LogP) is 3.97. The highest BCUT2D eigenvalue weighted by molar-refractivity contribution is 8.18. The number of halogens is 1. The minimum absolute atomic E-state index is 0.299. The van der Waals surface area contributed by atoms with Crippen LogP contribution in [-0.2, 0) is 4.79 Å². The highest BCUT2D eigenvalue weighted by Crippen LogP contribution is 2.38. The third-order valence-corrected chi connectivity index (χ3v) is 4.20. The van der Waals surface area contributed by atoms with Gasteiger partial charge in [-0.15, -0.1) is 0 Å². The first kappa shape index (κ1) is 17.4. The zero-order valence-corrected chi connectivity index (χ0v) is 14.4. The fraction of sp³-hybridized carbons (Fsp3) is 0.250. The minimum Gasteiger partial charge on any atom is -0.490 e. The van der Waals surface area contributed by atoms with Gasteiger partial charge in [0.2, 0.25) is 0 Å². The number of hydrogen-bond acceptors (Lipinski definition) is 5. The van der Waals surface area contributed by atoms with Gasteiger partial charge in [-0.3, -0.25) is 14.5 Å². The van der Waals surface area contributed by atoms with Gasteiger partial charge in [0.05, 0.1) is 16.5 Å². The van der Waals surface area contributed by atoms with Crippen LogP contribution in [-0.4, -0.2) is 36.3 Å². The molecule has 2 rings (SSSR count). The van der Waals surface area contributed by atoms with Crippen molar-refractivity contribution in [3.63, 3.8) is 0 Å². The normalized spacial score (nSPS) is 16.1. The Kier molecular flexibility index (Phi) is 5.74. The number of benzene rings is 1. The third-order valence-electron chi connectivity index (χ3n) is 2.96. The Hall–Kier alpha value is -1.92. The summed E-state index contributed by atoms with van der Waals surface area (Å²) in [6.07, 6.45) is 3.22. The van der Waals surface area contributed by atoms with Gasteiger partial charge in [0.1, 0.15) is 6.61 Å². The van der Waals surface area contributed by atoms with Gasteiger partial charge in [0.25, 0.3) is 11.1 Å². The lowest BCUT2D eigenvalue weighted by atomic mass is 10.1. The molecule has 2 amide bonds. The van der Waals surface area contributed by atoms with Gasteiger partial charge in [-0.25, -0.2) is 0 Å². The van der Waals surface area contributed by atoms with Crippen LogP contribution in [0.2, 0.25) is 5.02 Å². The van der Waals surface area contributed by atoms with Crippen LogP contribution in [0.5, 0.6) is 11.5 Å². The number of ether oxygens (including phenoxy) is 2. The summed E-state index contributed by atoms with van der Waals surface area (Å²) in [6, 6.07) is 3.38. The van der Waals surface area contributed by atoms with Crippen molar-refractivity contribution >= 4 is 40.6 Å². The van der Waals surface area contributed by atoms with E-state index in [1.54, 1.807) is 24.3 Å². The van der Waals surface area contributed by atoms with Crippen molar-refractivity contribution in [2.75, 3.05) is 20.3 Å². The van der Waals surface area contributed by atoms with Crippen molar-refractivity contribution in [2.45, 2.75) is 6.92 Å². The second-order valence-electron chi connectivity index (χ2n) is 4.60. The molecule has 0 unspecified atom stereocenters. The van der Waals surface area contributed by atoms with Crippen molar-refractivity contribution in [2.24, 2.45) is 0 Å². The van der Waals surface area contributed by atoms with Crippen molar-refractivity contribution in [3.8, 4) is 11.5 Å². The molecule has 0 saturated carbocycles. The molecule has 0 bridgehead atoms. The largest absolute Gasteiger partial charge is 0.490 e. The fourth-order valence-corrected chi connectivity index (χ4v) is 3.01. The SMILES string of the molecule is C=CCOc1c(Cl)cc(/C=C2\SC(=O)N(C)C2=O)cc1OCC. The maximum atomic E-state index is 11.9. The molecular weight excluding hydrogens is 338 g/mol. The Morgan fingerprint density at radius 3 is 2.65 bits per heavy atom. The number of carbonyl (C=O) groups excluding carboxylic acids is 2. The first-order valence-electron chi connectivity index (χ1n) is 6.89. The average molecular weight is 354 g/mol. The highest BCUT2D eigenvalue weighted by atomic mass is 35.5. The molecule has 122 valence electrons. The maximum Gasteiger partial charge on any atom is 0.293 e. The topological polar surface area (TPSA) is 55.8 Å². The third kappa shape index (κ3) is 3.89. The summed E-state index contributed by atoms with van der Waals surface area (Å²) in [6.45, 7) is 6.18. The fourth-order valence-electron chi connectivity index (χ4n) is 1.91. The highest BCUT2D eigenvalue weighted by Gasteiger charge is 2.31. The summed E-state index contributed by atoms with van der Waals surface area (Å²) in [5.74, 6) is 0.569. The number of likely N-dealkylation sites (N-methyl/N-ethyl adjacent to an activating group) is 1. The number of carbonyl (C=O) groups is 2. The molecule has 0 atom stereocenters. The molecule has 1 aliphatic rings. The Balaban J connectivity index is 2.39. The van der Waals surface area contributed by atoms with Crippen LogP contribution in [0, 0.1) is 0 Å². The quantitative estimate of drug-likeness (QED) is 0.572. The van der Waals surface area contributed by atoms with E-state index in [2.05, 4.69) is 6.58 Å². The number of nitrogens with zero attached hydrogens (tertiary/aromatic N) is 1. The van der Waals surface area contributed by atoms with Gasteiger partial charge < -0.3 is 9.47 Å². The molecule has 1 saturated heterocycles. The van der Waals surface area contributed by atoms with Crippen molar-refractivity contribution in [1.29, 1.82) is 0 Å². The van der Waals surface area contributed by atoms with Crippen LogP contribution in [0.4, 0.5) is 4.79 Å². The molecule has 0 radical (unpaired) electrons.